The molecular weight excluding hydrogens is 546 g/mol. The Morgan fingerprint density at radius 2 is 1.68 bits per heavy atom. The van der Waals surface area contributed by atoms with Crippen molar-refractivity contribution in [3.63, 3.8) is 0 Å². The summed E-state index contributed by atoms with van der Waals surface area (Å²) in [5.41, 5.74) is 3.98. The average molecular weight is 576 g/mol. The highest BCUT2D eigenvalue weighted by molar-refractivity contribution is 7.99. The van der Waals surface area contributed by atoms with Gasteiger partial charge >= 0.3 is 5.97 Å². The van der Waals surface area contributed by atoms with Crippen LogP contribution in [0.25, 0.3) is 5.69 Å². The number of aromatic nitrogens is 4. The third-order valence-corrected chi connectivity index (χ3v) is 7.54. The molecule has 3 aromatic carbocycles. The molecule has 2 heterocycles. The number of hydrogen-bond donors (Lipinski definition) is 3. The number of tetrazole rings is 1. The van der Waals surface area contributed by atoms with Crippen LogP contribution in [0.1, 0.15) is 48.3 Å². The standard InChI is InChI=1S/C29H29N5O6S/c35-17-19-6-8-20(9-7-19)25-16-24(18-41-29-31-32-33-34(29)23-4-2-1-3-5-23)39-28(40-25)21-10-12-22(13-11-21)30-26(36)14-15-27(37)38/h1-13,24-25,28,35H,14-18H2,(H,30,36)(H,37,38)/t24-,25+,28+/m1/s1. The molecular formula is C29H29N5O6S. The summed E-state index contributed by atoms with van der Waals surface area (Å²) in [5, 5.41) is 33.8. The topological polar surface area (TPSA) is 149 Å². The van der Waals surface area contributed by atoms with E-state index in [0.717, 1.165) is 22.4 Å². The van der Waals surface area contributed by atoms with Crippen molar-refractivity contribution >= 4 is 29.3 Å². The normalized spacial score (nSPS) is 18.6. The minimum Gasteiger partial charge on any atom is -0.481 e. The zero-order chi connectivity index (χ0) is 28.6. The second kappa shape index (κ2) is 13.5. The Labute approximate surface area is 240 Å². The van der Waals surface area contributed by atoms with Gasteiger partial charge in [-0.1, -0.05) is 66.4 Å². The molecule has 4 aromatic rings. The molecule has 11 nitrogen and oxygen atoms in total. The van der Waals surface area contributed by atoms with Crippen LogP contribution in [-0.2, 0) is 25.7 Å². The third kappa shape index (κ3) is 7.55. The van der Waals surface area contributed by atoms with E-state index >= 15 is 0 Å². The monoisotopic (exact) mass is 575 g/mol. The molecule has 3 atom stereocenters. The van der Waals surface area contributed by atoms with Crippen molar-refractivity contribution in [2.45, 2.75) is 49.5 Å². The van der Waals surface area contributed by atoms with E-state index < -0.39 is 12.3 Å². The minimum atomic E-state index is -1.02. The van der Waals surface area contributed by atoms with Gasteiger partial charge in [-0.3, -0.25) is 9.59 Å². The molecule has 41 heavy (non-hydrogen) atoms. The number of aliphatic hydroxyl groups excluding tert-OH is 1. The predicted octanol–water partition coefficient (Wildman–Crippen LogP) is 4.30. The number of carbonyl (C=O) groups is 2. The first-order valence-corrected chi connectivity index (χ1v) is 14.1. The van der Waals surface area contributed by atoms with Gasteiger partial charge in [0.1, 0.15) is 0 Å². The van der Waals surface area contributed by atoms with Crippen LogP contribution in [0.4, 0.5) is 5.69 Å². The van der Waals surface area contributed by atoms with Crippen molar-refractivity contribution in [3.8, 4) is 5.69 Å². The maximum absolute atomic E-state index is 12.0. The van der Waals surface area contributed by atoms with Crippen molar-refractivity contribution in [2.24, 2.45) is 0 Å². The predicted molar refractivity (Wildman–Crippen MR) is 150 cm³/mol. The lowest BCUT2D eigenvalue weighted by Crippen LogP contribution is -2.31. The van der Waals surface area contributed by atoms with Gasteiger partial charge in [0.2, 0.25) is 11.1 Å². The van der Waals surface area contributed by atoms with Gasteiger partial charge in [-0.25, -0.2) is 0 Å². The number of thioether (sulfide) groups is 1. The van der Waals surface area contributed by atoms with Crippen molar-refractivity contribution in [1.82, 2.24) is 20.2 Å². The van der Waals surface area contributed by atoms with Crippen molar-refractivity contribution < 1.29 is 29.3 Å². The Kier molecular flexibility index (Phi) is 9.36. The third-order valence-electron chi connectivity index (χ3n) is 6.49. The summed E-state index contributed by atoms with van der Waals surface area (Å²) >= 11 is 1.50. The number of amides is 1. The Morgan fingerprint density at radius 1 is 0.951 bits per heavy atom. The molecule has 0 saturated carbocycles. The smallest absolute Gasteiger partial charge is 0.303 e. The lowest BCUT2D eigenvalue weighted by Gasteiger charge is -2.36. The summed E-state index contributed by atoms with van der Waals surface area (Å²) in [4.78, 5) is 22.7. The summed E-state index contributed by atoms with van der Waals surface area (Å²) in [5.74, 6) is -0.811. The molecule has 1 aromatic heterocycles. The van der Waals surface area contributed by atoms with Crippen LogP contribution in [0, 0.1) is 0 Å². The Balaban J connectivity index is 1.30. The van der Waals surface area contributed by atoms with Gasteiger partial charge in [0, 0.05) is 29.8 Å². The minimum absolute atomic E-state index is 0.0356. The molecule has 0 unspecified atom stereocenters. The molecule has 212 valence electrons. The molecule has 1 saturated heterocycles. The van der Waals surface area contributed by atoms with Gasteiger partial charge in [-0.05, 0) is 45.8 Å². The number of carbonyl (C=O) groups excluding carboxylic acids is 1. The molecule has 3 N–H and O–H groups in total. The summed E-state index contributed by atoms with van der Waals surface area (Å²) in [6.45, 7) is -0.0356. The molecule has 0 radical (unpaired) electrons. The highest BCUT2D eigenvalue weighted by Gasteiger charge is 2.32. The highest BCUT2D eigenvalue weighted by atomic mass is 32.2. The van der Waals surface area contributed by atoms with E-state index in [-0.39, 0.29) is 37.6 Å². The molecule has 5 rings (SSSR count). The van der Waals surface area contributed by atoms with E-state index in [1.807, 2.05) is 66.7 Å². The molecule has 0 aliphatic carbocycles. The number of aliphatic hydroxyl groups is 1. The molecule has 12 heteroatoms. The number of nitrogens with one attached hydrogen (secondary N) is 1. The van der Waals surface area contributed by atoms with E-state index in [0.29, 0.717) is 23.0 Å². The quantitative estimate of drug-likeness (QED) is 0.221. The summed E-state index contributed by atoms with van der Waals surface area (Å²) in [6, 6.07) is 24.4. The van der Waals surface area contributed by atoms with Crippen LogP contribution in [0.5, 0.6) is 0 Å². The number of ether oxygens (including phenoxy) is 2. The molecule has 1 aliphatic rings. The Bertz CT molecular complexity index is 1450. The molecule has 1 amide bonds. The summed E-state index contributed by atoms with van der Waals surface area (Å²) in [6.07, 6.45) is -0.850. The van der Waals surface area contributed by atoms with Crippen LogP contribution in [0.15, 0.2) is 84.0 Å². The Hall–Kier alpha value is -4.10. The maximum atomic E-state index is 12.0. The average Bonchev–Trinajstić information content (AvgIpc) is 3.48. The van der Waals surface area contributed by atoms with Crippen molar-refractivity contribution in [2.75, 3.05) is 11.1 Å². The number of anilines is 1. The van der Waals surface area contributed by atoms with Crippen LogP contribution in [0.2, 0.25) is 0 Å². The SMILES string of the molecule is O=C(O)CCC(=O)Nc1ccc([C@H]2O[C@@H](CSc3nnnn3-c3ccccc3)C[C@@H](c3ccc(CO)cc3)O2)cc1. The van der Waals surface area contributed by atoms with E-state index in [4.69, 9.17) is 14.6 Å². The number of hydrogen-bond acceptors (Lipinski definition) is 9. The second-order valence-electron chi connectivity index (χ2n) is 9.43. The van der Waals surface area contributed by atoms with Gasteiger partial charge in [-0.2, -0.15) is 4.68 Å². The number of para-hydroxylation sites is 1. The first-order valence-electron chi connectivity index (χ1n) is 13.1. The van der Waals surface area contributed by atoms with Crippen molar-refractivity contribution in [1.29, 1.82) is 0 Å². The second-order valence-corrected chi connectivity index (χ2v) is 10.4. The van der Waals surface area contributed by atoms with Crippen LogP contribution in [-0.4, -0.2) is 54.2 Å². The summed E-state index contributed by atoms with van der Waals surface area (Å²) < 4.78 is 14.5. The summed E-state index contributed by atoms with van der Waals surface area (Å²) in [7, 11) is 0. The molecule has 1 fully saturated rings. The lowest BCUT2D eigenvalue weighted by atomic mass is 10.0. The Morgan fingerprint density at radius 3 is 2.39 bits per heavy atom. The van der Waals surface area contributed by atoms with E-state index in [9.17, 15) is 14.7 Å². The largest absolute Gasteiger partial charge is 0.481 e. The number of benzene rings is 3. The fraction of sp³-hybridized carbons (Fsp3) is 0.276. The van der Waals surface area contributed by atoms with Gasteiger partial charge < -0.3 is 25.0 Å². The van der Waals surface area contributed by atoms with Gasteiger partial charge in [0.15, 0.2) is 6.29 Å². The van der Waals surface area contributed by atoms with Crippen LogP contribution < -0.4 is 5.32 Å². The van der Waals surface area contributed by atoms with Gasteiger partial charge in [0.25, 0.3) is 0 Å². The van der Waals surface area contributed by atoms with E-state index in [2.05, 4.69) is 20.8 Å². The number of aliphatic carboxylic acids is 1. The van der Waals surface area contributed by atoms with E-state index in [1.165, 1.54) is 11.8 Å². The van der Waals surface area contributed by atoms with Gasteiger partial charge in [0.05, 0.1) is 30.9 Å². The number of carboxylic acids is 1. The van der Waals surface area contributed by atoms with E-state index in [1.54, 1.807) is 16.8 Å². The fourth-order valence-corrected chi connectivity index (χ4v) is 5.27. The first-order chi connectivity index (χ1) is 20.0. The lowest BCUT2D eigenvalue weighted by molar-refractivity contribution is -0.245. The fourth-order valence-electron chi connectivity index (χ4n) is 4.36. The molecule has 0 bridgehead atoms. The first kappa shape index (κ1) is 28.4. The molecule has 0 spiro atoms. The molecule has 1 aliphatic heterocycles. The highest BCUT2D eigenvalue weighted by Crippen LogP contribution is 2.39. The van der Waals surface area contributed by atoms with Crippen molar-refractivity contribution in [3.05, 3.63) is 95.6 Å². The number of nitrogens with zero attached hydrogens (tertiary/aromatic N) is 4. The zero-order valence-corrected chi connectivity index (χ0v) is 22.8. The number of rotatable bonds is 11. The van der Waals surface area contributed by atoms with Crippen LogP contribution in [0.3, 0.4) is 0 Å². The van der Waals surface area contributed by atoms with Crippen LogP contribution >= 0.6 is 11.8 Å². The maximum Gasteiger partial charge on any atom is 0.303 e. The zero-order valence-electron chi connectivity index (χ0n) is 22.0. The van der Waals surface area contributed by atoms with Gasteiger partial charge in [-0.15, -0.1) is 5.10 Å². The number of carboxylic acid groups (broad SMARTS) is 1.